The van der Waals surface area contributed by atoms with Gasteiger partial charge in [-0.15, -0.1) is 0 Å². The van der Waals surface area contributed by atoms with Crippen molar-refractivity contribution in [2.45, 2.75) is 26.7 Å². The van der Waals surface area contributed by atoms with Crippen LogP contribution < -0.4 is 0 Å². The average Bonchev–Trinajstić information content (AvgIpc) is 3.07. The van der Waals surface area contributed by atoms with Crippen LogP contribution in [0.1, 0.15) is 26.7 Å². The molecule has 0 aromatic heterocycles. The molecule has 1 aliphatic carbocycles. The van der Waals surface area contributed by atoms with Crippen LogP contribution in [0.25, 0.3) is 0 Å². The van der Waals surface area contributed by atoms with Gasteiger partial charge in [0.2, 0.25) is 0 Å². The molecule has 1 aliphatic rings. The largest absolute Gasteiger partial charge is 0.480 e. The molecule has 0 saturated heterocycles. The first-order valence-corrected chi connectivity index (χ1v) is 6.34. The first kappa shape index (κ1) is 14.5. The number of carbonyl (C=O) groups is 2. The van der Waals surface area contributed by atoms with Crippen LogP contribution in [0.4, 0.5) is 4.79 Å². The number of hydrogen-bond acceptors (Lipinski definition) is 2. The molecule has 0 unspecified atom stereocenters. The van der Waals surface area contributed by atoms with Crippen molar-refractivity contribution >= 4 is 12.0 Å². The molecule has 0 aliphatic heterocycles. The number of carboxylic acids is 1. The van der Waals surface area contributed by atoms with Gasteiger partial charge in [0.25, 0.3) is 0 Å². The zero-order valence-corrected chi connectivity index (χ0v) is 11.2. The van der Waals surface area contributed by atoms with E-state index in [0.29, 0.717) is 25.6 Å². The first-order valence-electron chi connectivity index (χ1n) is 6.34. The molecule has 0 bridgehead atoms. The first-order chi connectivity index (χ1) is 8.43. The third-order valence-corrected chi connectivity index (χ3v) is 2.89. The predicted octanol–water partition coefficient (Wildman–Crippen LogP) is 1.80. The van der Waals surface area contributed by atoms with Gasteiger partial charge in [0.15, 0.2) is 0 Å². The van der Waals surface area contributed by atoms with Crippen molar-refractivity contribution in [3.05, 3.63) is 12.2 Å². The lowest BCUT2D eigenvalue weighted by Gasteiger charge is -2.29. The highest BCUT2D eigenvalue weighted by Gasteiger charge is 2.29. The zero-order chi connectivity index (χ0) is 13.7. The number of nitrogens with zero attached hydrogens (tertiary/aromatic N) is 2. The Morgan fingerprint density at radius 1 is 1.28 bits per heavy atom. The fourth-order valence-electron chi connectivity index (χ4n) is 1.83. The third-order valence-electron chi connectivity index (χ3n) is 2.89. The second kappa shape index (κ2) is 6.42. The Morgan fingerprint density at radius 2 is 1.89 bits per heavy atom. The minimum atomic E-state index is -0.963. The lowest BCUT2D eigenvalue weighted by Crippen LogP contribution is -2.46. The van der Waals surface area contributed by atoms with E-state index in [0.717, 1.165) is 18.4 Å². The number of likely N-dealkylation sites (N-methyl/N-ethyl adjacent to an activating group) is 1. The summed E-state index contributed by atoms with van der Waals surface area (Å²) in [6.07, 6.45) is 2.19. The maximum Gasteiger partial charge on any atom is 0.323 e. The van der Waals surface area contributed by atoms with Crippen molar-refractivity contribution in [2.75, 3.05) is 26.2 Å². The molecule has 1 fully saturated rings. The Balaban J connectivity index is 2.64. The third kappa shape index (κ3) is 4.77. The molecule has 2 amide bonds. The summed E-state index contributed by atoms with van der Waals surface area (Å²) in [5, 5.41) is 8.87. The van der Waals surface area contributed by atoms with Gasteiger partial charge in [-0.3, -0.25) is 4.79 Å². The van der Waals surface area contributed by atoms with E-state index in [1.54, 1.807) is 4.90 Å². The number of aliphatic carboxylic acids is 1. The second-order valence-electron chi connectivity index (χ2n) is 4.97. The molecule has 5 nitrogen and oxygen atoms in total. The Morgan fingerprint density at radius 3 is 2.28 bits per heavy atom. The molecule has 0 radical (unpaired) electrons. The highest BCUT2D eigenvalue weighted by Crippen LogP contribution is 2.30. The smallest absolute Gasteiger partial charge is 0.323 e. The lowest BCUT2D eigenvalue weighted by atomic mass is 10.3. The molecule has 102 valence electrons. The molecule has 0 atom stereocenters. The molecular formula is C13H22N2O3. The number of carboxylic acid groups (broad SMARTS) is 1. The molecule has 0 aromatic rings. The quantitative estimate of drug-likeness (QED) is 0.705. The van der Waals surface area contributed by atoms with Crippen LogP contribution in [-0.4, -0.2) is 53.1 Å². The van der Waals surface area contributed by atoms with Crippen molar-refractivity contribution in [3.63, 3.8) is 0 Å². The Labute approximate surface area is 108 Å². The van der Waals surface area contributed by atoms with E-state index in [-0.39, 0.29) is 12.6 Å². The van der Waals surface area contributed by atoms with Crippen molar-refractivity contribution in [2.24, 2.45) is 5.92 Å². The molecule has 1 saturated carbocycles. The van der Waals surface area contributed by atoms with Gasteiger partial charge in [0, 0.05) is 19.6 Å². The van der Waals surface area contributed by atoms with Gasteiger partial charge in [-0.2, -0.15) is 0 Å². The van der Waals surface area contributed by atoms with Crippen LogP contribution in [0.3, 0.4) is 0 Å². The molecule has 5 heteroatoms. The fraction of sp³-hybridized carbons (Fsp3) is 0.692. The van der Waals surface area contributed by atoms with Crippen molar-refractivity contribution in [3.8, 4) is 0 Å². The molecule has 0 aromatic carbocycles. The number of hydrogen-bond donors (Lipinski definition) is 1. The van der Waals surface area contributed by atoms with Crippen LogP contribution in [0.15, 0.2) is 12.2 Å². The molecule has 1 N–H and O–H groups in total. The maximum absolute atomic E-state index is 12.3. The summed E-state index contributed by atoms with van der Waals surface area (Å²) in [6, 6.07) is -0.199. The Bertz CT molecular complexity index is 337. The van der Waals surface area contributed by atoms with E-state index in [2.05, 4.69) is 6.58 Å². The molecule has 0 heterocycles. The predicted molar refractivity (Wildman–Crippen MR) is 69.4 cm³/mol. The van der Waals surface area contributed by atoms with Crippen LogP contribution in [0, 0.1) is 5.92 Å². The standard InChI is InChI=1S/C13H22N2O3/c1-4-14(7-10(2)3)13(18)15(9-12(16)17)8-11-5-6-11/h11H,2,4-9H2,1,3H3,(H,16,17). The minimum Gasteiger partial charge on any atom is -0.480 e. The van der Waals surface area contributed by atoms with E-state index in [4.69, 9.17) is 5.11 Å². The summed E-state index contributed by atoms with van der Waals surface area (Å²) in [7, 11) is 0. The van der Waals surface area contributed by atoms with Crippen LogP contribution >= 0.6 is 0 Å². The average molecular weight is 254 g/mol. The van der Waals surface area contributed by atoms with Crippen molar-refractivity contribution in [1.29, 1.82) is 0 Å². The zero-order valence-electron chi connectivity index (χ0n) is 11.2. The summed E-state index contributed by atoms with van der Waals surface area (Å²) in [4.78, 5) is 26.1. The number of carbonyl (C=O) groups excluding carboxylic acids is 1. The molecule has 1 rings (SSSR count). The molecular weight excluding hydrogens is 232 g/mol. The van der Waals surface area contributed by atoms with E-state index in [9.17, 15) is 9.59 Å². The number of amides is 2. The van der Waals surface area contributed by atoms with Crippen LogP contribution in [0.2, 0.25) is 0 Å². The topological polar surface area (TPSA) is 60.9 Å². The van der Waals surface area contributed by atoms with Gasteiger partial charge in [-0.05, 0) is 32.6 Å². The van der Waals surface area contributed by atoms with Crippen molar-refractivity contribution in [1.82, 2.24) is 9.80 Å². The highest BCUT2D eigenvalue weighted by atomic mass is 16.4. The van der Waals surface area contributed by atoms with E-state index < -0.39 is 5.97 Å². The normalized spacial score (nSPS) is 14.1. The van der Waals surface area contributed by atoms with Gasteiger partial charge in [0.05, 0.1) is 0 Å². The number of rotatable bonds is 7. The van der Waals surface area contributed by atoms with Crippen molar-refractivity contribution < 1.29 is 14.7 Å². The summed E-state index contributed by atoms with van der Waals surface area (Å²) >= 11 is 0. The summed E-state index contributed by atoms with van der Waals surface area (Å²) < 4.78 is 0. The SMILES string of the molecule is C=C(C)CN(CC)C(=O)N(CC(=O)O)CC1CC1. The summed E-state index contributed by atoms with van der Waals surface area (Å²) in [5.41, 5.74) is 0.895. The van der Waals surface area contributed by atoms with Gasteiger partial charge >= 0.3 is 12.0 Å². The van der Waals surface area contributed by atoms with Crippen LogP contribution in [0.5, 0.6) is 0 Å². The lowest BCUT2D eigenvalue weighted by molar-refractivity contribution is -0.137. The summed E-state index contributed by atoms with van der Waals surface area (Å²) in [5.74, 6) is -0.479. The van der Waals surface area contributed by atoms with E-state index in [1.807, 2.05) is 13.8 Å². The molecule has 18 heavy (non-hydrogen) atoms. The van der Waals surface area contributed by atoms with Gasteiger partial charge in [-0.1, -0.05) is 12.2 Å². The highest BCUT2D eigenvalue weighted by molar-refractivity contribution is 5.80. The van der Waals surface area contributed by atoms with Gasteiger partial charge in [-0.25, -0.2) is 4.79 Å². The summed E-state index contributed by atoms with van der Waals surface area (Å²) in [6.45, 7) is 8.91. The minimum absolute atomic E-state index is 0.199. The number of urea groups is 1. The molecule has 0 spiro atoms. The van der Waals surface area contributed by atoms with E-state index >= 15 is 0 Å². The van der Waals surface area contributed by atoms with Gasteiger partial charge in [0.1, 0.15) is 6.54 Å². The second-order valence-corrected chi connectivity index (χ2v) is 4.97. The fourth-order valence-corrected chi connectivity index (χ4v) is 1.83. The van der Waals surface area contributed by atoms with Crippen LogP contribution in [-0.2, 0) is 4.79 Å². The van der Waals surface area contributed by atoms with Gasteiger partial charge < -0.3 is 14.9 Å². The monoisotopic (exact) mass is 254 g/mol. The Hall–Kier alpha value is -1.52. The Kier molecular flexibility index (Phi) is 5.19. The van der Waals surface area contributed by atoms with E-state index in [1.165, 1.54) is 4.90 Å². The maximum atomic E-state index is 12.3.